The monoisotopic (exact) mass is 522 g/mol. The largest absolute Gasteiger partial charge is 0.497 e. The van der Waals surface area contributed by atoms with E-state index in [0.29, 0.717) is 47.1 Å². The molecule has 0 fully saturated rings. The third kappa shape index (κ3) is 4.43. The SMILES string of the molecule is COc1ccc(-c2cc(Cn3cnc4c(N)ncnc43)c3[nH]c(CNC(=O)c4c(C)noc4C)cc3c2)cc1. The van der Waals surface area contributed by atoms with Crippen molar-refractivity contribution in [3.63, 3.8) is 0 Å². The number of nitrogens with two attached hydrogens (primary N) is 1. The highest BCUT2D eigenvalue weighted by atomic mass is 16.5. The molecule has 0 unspecified atom stereocenters. The van der Waals surface area contributed by atoms with Gasteiger partial charge in [-0.15, -0.1) is 0 Å². The van der Waals surface area contributed by atoms with Gasteiger partial charge in [-0.05, 0) is 60.9 Å². The van der Waals surface area contributed by atoms with Gasteiger partial charge in [-0.1, -0.05) is 17.3 Å². The molecular weight excluding hydrogens is 496 g/mol. The number of aromatic nitrogens is 6. The van der Waals surface area contributed by atoms with Gasteiger partial charge in [-0.3, -0.25) is 4.79 Å². The van der Waals surface area contributed by atoms with Crippen molar-refractivity contribution in [2.45, 2.75) is 26.9 Å². The van der Waals surface area contributed by atoms with Crippen LogP contribution in [-0.2, 0) is 13.1 Å². The highest BCUT2D eigenvalue weighted by Crippen LogP contribution is 2.31. The number of benzene rings is 2. The fourth-order valence-electron chi connectivity index (χ4n) is 4.82. The number of rotatable bonds is 7. The van der Waals surface area contributed by atoms with Crippen LogP contribution in [0, 0.1) is 13.8 Å². The Hall–Kier alpha value is -5.19. The minimum atomic E-state index is -0.230. The number of imidazole rings is 1. The second kappa shape index (κ2) is 9.60. The van der Waals surface area contributed by atoms with Crippen molar-refractivity contribution in [2.75, 3.05) is 12.8 Å². The van der Waals surface area contributed by atoms with E-state index in [1.54, 1.807) is 27.3 Å². The normalized spacial score (nSPS) is 11.4. The lowest BCUT2D eigenvalue weighted by Gasteiger charge is -2.10. The van der Waals surface area contributed by atoms with Crippen molar-refractivity contribution in [1.82, 2.24) is 35.0 Å². The summed E-state index contributed by atoms with van der Waals surface area (Å²) in [6.07, 6.45) is 3.16. The number of hydrogen-bond acceptors (Lipinski definition) is 8. The quantitative estimate of drug-likeness (QED) is 0.283. The van der Waals surface area contributed by atoms with Crippen molar-refractivity contribution in [2.24, 2.45) is 0 Å². The van der Waals surface area contributed by atoms with Crippen LogP contribution >= 0.6 is 0 Å². The average Bonchev–Trinajstić information content (AvgIpc) is 3.64. The Labute approximate surface area is 223 Å². The molecule has 6 rings (SSSR count). The van der Waals surface area contributed by atoms with Crippen LogP contribution in [-0.4, -0.2) is 42.7 Å². The molecule has 0 saturated heterocycles. The molecule has 1 amide bonds. The number of aromatic amines is 1. The first-order chi connectivity index (χ1) is 18.9. The molecule has 196 valence electrons. The minimum Gasteiger partial charge on any atom is -0.497 e. The van der Waals surface area contributed by atoms with Gasteiger partial charge >= 0.3 is 0 Å². The number of methoxy groups -OCH3 is 1. The van der Waals surface area contributed by atoms with E-state index in [-0.39, 0.29) is 5.91 Å². The number of anilines is 1. The molecule has 0 atom stereocenters. The van der Waals surface area contributed by atoms with Crippen LogP contribution in [0.4, 0.5) is 5.82 Å². The Kier molecular flexibility index (Phi) is 5.95. The van der Waals surface area contributed by atoms with Crippen LogP contribution in [0.1, 0.15) is 33.1 Å². The predicted octanol–water partition coefficient (Wildman–Crippen LogP) is 4.15. The molecule has 0 radical (unpaired) electrons. The van der Waals surface area contributed by atoms with E-state index >= 15 is 0 Å². The minimum absolute atomic E-state index is 0.230. The number of H-pyrrole nitrogens is 1. The summed E-state index contributed by atoms with van der Waals surface area (Å²) in [5, 5.41) is 7.86. The fraction of sp³-hybridized carbons (Fsp3) is 0.179. The zero-order chi connectivity index (χ0) is 27.1. The summed E-state index contributed by atoms with van der Waals surface area (Å²) in [6, 6.07) is 14.3. The predicted molar refractivity (Wildman–Crippen MR) is 146 cm³/mol. The summed E-state index contributed by atoms with van der Waals surface area (Å²) >= 11 is 0. The molecule has 4 aromatic heterocycles. The summed E-state index contributed by atoms with van der Waals surface area (Å²) in [5.74, 6) is 1.39. The van der Waals surface area contributed by atoms with E-state index in [4.69, 9.17) is 15.0 Å². The van der Waals surface area contributed by atoms with E-state index in [9.17, 15) is 4.79 Å². The lowest BCUT2D eigenvalue weighted by atomic mass is 10.00. The standard InChI is InChI=1S/C28H26N8O3/c1-15-23(16(2)39-35-15)28(37)30-11-21-10-19-8-18(17-4-6-22(38-3)7-5-17)9-20(24(19)34-21)12-36-14-33-25-26(29)31-13-32-27(25)36/h4-10,13-14,34H,11-12H2,1-3H3,(H,30,37)(H2,29,31,32). The maximum Gasteiger partial charge on any atom is 0.257 e. The van der Waals surface area contributed by atoms with Crippen LogP contribution in [0.2, 0.25) is 0 Å². The van der Waals surface area contributed by atoms with E-state index < -0.39 is 0 Å². The Morgan fingerprint density at radius 3 is 2.67 bits per heavy atom. The first kappa shape index (κ1) is 24.2. The van der Waals surface area contributed by atoms with Gasteiger partial charge in [-0.25, -0.2) is 15.0 Å². The zero-order valence-corrected chi connectivity index (χ0v) is 21.6. The first-order valence-electron chi connectivity index (χ1n) is 12.3. The molecule has 0 spiro atoms. The molecule has 6 aromatic rings. The maximum absolute atomic E-state index is 12.8. The van der Waals surface area contributed by atoms with Crippen molar-refractivity contribution < 1.29 is 14.1 Å². The third-order valence-corrected chi connectivity index (χ3v) is 6.76. The number of nitrogens with one attached hydrogen (secondary N) is 2. The van der Waals surface area contributed by atoms with E-state index in [2.05, 4.69) is 42.5 Å². The smallest absolute Gasteiger partial charge is 0.257 e. The molecule has 0 aliphatic heterocycles. The van der Waals surface area contributed by atoms with Gasteiger partial charge in [0.05, 0.1) is 37.7 Å². The lowest BCUT2D eigenvalue weighted by molar-refractivity contribution is 0.0948. The van der Waals surface area contributed by atoms with Gasteiger partial charge in [0, 0.05) is 11.1 Å². The van der Waals surface area contributed by atoms with Crippen molar-refractivity contribution in [3.05, 3.63) is 83.4 Å². The number of carbonyl (C=O) groups is 1. The van der Waals surface area contributed by atoms with Crippen molar-refractivity contribution >= 4 is 33.8 Å². The van der Waals surface area contributed by atoms with Crippen LogP contribution in [0.5, 0.6) is 5.75 Å². The van der Waals surface area contributed by atoms with Crippen molar-refractivity contribution in [1.29, 1.82) is 0 Å². The zero-order valence-electron chi connectivity index (χ0n) is 21.6. The van der Waals surface area contributed by atoms with Crippen LogP contribution in [0.3, 0.4) is 0 Å². The van der Waals surface area contributed by atoms with Crippen molar-refractivity contribution in [3.8, 4) is 16.9 Å². The molecule has 4 heterocycles. The number of nitrogens with zero attached hydrogens (tertiary/aromatic N) is 5. The highest BCUT2D eigenvalue weighted by molar-refractivity contribution is 5.96. The number of ether oxygens (including phenoxy) is 1. The Morgan fingerprint density at radius 1 is 1.10 bits per heavy atom. The third-order valence-electron chi connectivity index (χ3n) is 6.76. The Bertz CT molecular complexity index is 1810. The van der Waals surface area contributed by atoms with Gasteiger partial charge in [-0.2, -0.15) is 0 Å². The number of fused-ring (bicyclic) bond motifs is 2. The summed E-state index contributed by atoms with van der Waals surface area (Å²) in [7, 11) is 1.65. The first-order valence-corrected chi connectivity index (χ1v) is 12.3. The second-order valence-corrected chi connectivity index (χ2v) is 9.31. The van der Waals surface area contributed by atoms with Gasteiger partial charge in [0.15, 0.2) is 11.5 Å². The van der Waals surface area contributed by atoms with E-state index in [1.165, 1.54) is 6.33 Å². The molecule has 2 aromatic carbocycles. The molecule has 0 bridgehead atoms. The number of hydrogen-bond donors (Lipinski definition) is 3. The lowest BCUT2D eigenvalue weighted by Crippen LogP contribution is -2.23. The fourth-order valence-corrected chi connectivity index (χ4v) is 4.82. The number of aryl methyl sites for hydroxylation is 2. The molecule has 0 aliphatic rings. The van der Waals surface area contributed by atoms with Gasteiger partial charge in [0.2, 0.25) is 0 Å². The number of amides is 1. The Morgan fingerprint density at radius 2 is 1.92 bits per heavy atom. The average molecular weight is 523 g/mol. The molecule has 0 aliphatic carbocycles. The maximum atomic E-state index is 12.8. The molecule has 39 heavy (non-hydrogen) atoms. The molecular formula is C28H26N8O3. The van der Waals surface area contributed by atoms with Crippen LogP contribution in [0.15, 0.2) is 59.6 Å². The number of nitrogen functional groups attached to an aromatic ring is 1. The summed E-state index contributed by atoms with van der Waals surface area (Å²) in [4.78, 5) is 29.1. The van der Waals surface area contributed by atoms with Crippen LogP contribution in [0.25, 0.3) is 33.2 Å². The Balaban J connectivity index is 1.38. The summed E-state index contributed by atoms with van der Waals surface area (Å²) in [6.45, 7) is 4.29. The van der Waals surface area contributed by atoms with Gasteiger partial charge in [0.1, 0.15) is 28.9 Å². The summed E-state index contributed by atoms with van der Waals surface area (Å²) in [5.41, 5.74) is 13.2. The summed E-state index contributed by atoms with van der Waals surface area (Å²) < 4.78 is 12.4. The van der Waals surface area contributed by atoms with E-state index in [0.717, 1.165) is 39.0 Å². The van der Waals surface area contributed by atoms with Gasteiger partial charge < -0.3 is 29.9 Å². The molecule has 11 nitrogen and oxygen atoms in total. The van der Waals surface area contributed by atoms with E-state index in [1.807, 2.05) is 34.9 Å². The topological polar surface area (TPSA) is 150 Å². The molecule has 0 saturated carbocycles. The van der Waals surface area contributed by atoms with Crippen LogP contribution < -0.4 is 15.8 Å². The molecule has 11 heteroatoms. The molecule has 4 N–H and O–H groups in total. The van der Waals surface area contributed by atoms with Gasteiger partial charge in [0.25, 0.3) is 5.91 Å². The number of carbonyl (C=O) groups excluding carboxylic acids is 1. The second-order valence-electron chi connectivity index (χ2n) is 9.31. The highest BCUT2D eigenvalue weighted by Gasteiger charge is 2.18.